The number of nitrogens with zero attached hydrogens (tertiary/aromatic N) is 2. The van der Waals surface area contributed by atoms with Gasteiger partial charge in [0.15, 0.2) is 0 Å². The van der Waals surface area contributed by atoms with Crippen molar-refractivity contribution in [3.8, 4) is 5.75 Å². The number of carbonyl (C=O) groups is 2. The Balaban J connectivity index is 1.66. The van der Waals surface area contributed by atoms with E-state index >= 15 is 0 Å². The number of methoxy groups -OCH3 is 1. The Hall–Kier alpha value is -3.23. The molecule has 1 N–H and O–H groups in total. The van der Waals surface area contributed by atoms with Gasteiger partial charge in [-0.15, -0.1) is 0 Å². The molecule has 1 atom stereocenters. The zero-order valence-electron chi connectivity index (χ0n) is 18.5. The molecule has 4 rings (SSSR count). The Bertz CT molecular complexity index is 1050. The molecule has 7 nitrogen and oxygen atoms in total. The number of aliphatic hydroxyl groups is 1. The summed E-state index contributed by atoms with van der Waals surface area (Å²) in [6.07, 6.45) is 0.640. The first-order chi connectivity index (χ1) is 16.0. The van der Waals surface area contributed by atoms with Crippen LogP contribution in [0.15, 0.2) is 54.1 Å². The summed E-state index contributed by atoms with van der Waals surface area (Å²) in [7, 11) is 1.53. The summed E-state index contributed by atoms with van der Waals surface area (Å²) >= 11 is 0. The summed E-state index contributed by atoms with van der Waals surface area (Å²) in [6, 6.07) is 11.5. The third kappa shape index (κ3) is 4.91. The maximum atomic E-state index is 14.1. The molecule has 0 aromatic heterocycles. The topological polar surface area (TPSA) is 79.3 Å². The van der Waals surface area contributed by atoms with Crippen LogP contribution in [0.3, 0.4) is 0 Å². The van der Waals surface area contributed by atoms with E-state index < -0.39 is 23.5 Å². The van der Waals surface area contributed by atoms with Gasteiger partial charge >= 0.3 is 0 Å². The van der Waals surface area contributed by atoms with E-state index in [2.05, 4.69) is 4.90 Å². The van der Waals surface area contributed by atoms with Crippen molar-refractivity contribution < 1.29 is 28.6 Å². The number of likely N-dealkylation sites (tertiary alicyclic amines) is 1. The number of Topliss-reactive ketones (excluding diaryl/α,β-unsaturated/α-hetero) is 1. The maximum Gasteiger partial charge on any atom is 0.295 e. The molecule has 2 saturated heterocycles. The number of hydrogen-bond donors (Lipinski definition) is 1. The molecule has 0 unspecified atom stereocenters. The van der Waals surface area contributed by atoms with Crippen molar-refractivity contribution in [2.24, 2.45) is 0 Å². The van der Waals surface area contributed by atoms with Gasteiger partial charge in [-0.3, -0.25) is 14.5 Å². The second-order valence-electron chi connectivity index (χ2n) is 8.08. The zero-order valence-corrected chi connectivity index (χ0v) is 18.5. The fourth-order valence-corrected chi connectivity index (χ4v) is 4.33. The van der Waals surface area contributed by atoms with Gasteiger partial charge in [0.1, 0.15) is 17.3 Å². The van der Waals surface area contributed by atoms with Crippen molar-refractivity contribution in [3.63, 3.8) is 0 Å². The lowest BCUT2D eigenvalue weighted by Crippen LogP contribution is -2.39. The Morgan fingerprint density at radius 3 is 2.52 bits per heavy atom. The van der Waals surface area contributed by atoms with Gasteiger partial charge in [0.2, 0.25) is 0 Å². The van der Waals surface area contributed by atoms with Crippen LogP contribution in [0.1, 0.15) is 23.6 Å². The highest BCUT2D eigenvalue weighted by Gasteiger charge is 2.45. The van der Waals surface area contributed by atoms with Gasteiger partial charge in [-0.2, -0.15) is 0 Å². The predicted octanol–water partition coefficient (Wildman–Crippen LogP) is 2.98. The summed E-state index contributed by atoms with van der Waals surface area (Å²) in [5.41, 5.74) is 0.779. The first-order valence-corrected chi connectivity index (χ1v) is 11.0. The second-order valence-corrected chi connectivity index (χ2v) is 8.08. The quantitative estimate of drug-likeness (QED) is 0.394. The molecular weight excluding hydrogens is 427 g/mol. The van der Waals surface area contributed by atoms with Crippen LogP contribution in [-0.4, -0.2) is 73.1 Å². The molecule has 0 bridgehead atoms. The van der Waals surface area contributed by atoms with E-state index in [-0.39, 0.29) is 11.3 Å². The molecule has 2 aromatic carbocycles. The summed E-state index contributed by atoms with van der Waals surface area (Å²) in [4.78, 5) is 29.7. The number of morpholine rings is 1. The average Bonchev–Trinajstić information content (AvgIpc) is 3.09. The molecule has 0 aliphatic carbocycles. The lowest BCUT2D eigenvalue weighted by molar-refractivity contribution is -0.140. The molecule has 174 valence electrons. The molecule has 2 aliphatic heterocycles. The van der Waals surface area contributed by atoms with Crippen molar-refractivity contribution >= 4 is 17.4 Å². The fraction of sp³-hybridized carbons (Fsp3) is 0.360. The van der Waals surface area contributed by atoms with Crippen LogP contribution in [0.4, 0.5) is 4.39 Å². The lowest BCUT2D eigenvalue weighted by Gasteiger charge is -2.29. The number of benzene rings is 2. The predicted molar refractivity (Wildman–Crippen MR) is 120 cm³/mol. The summed E-state index contributed by atoms with van der Waals surface area (Å²) in [5.74, 6) is -1.64. The molecule has 0 spiro atoms. The largest absolute Gasteiger partial charge is 0.507 e. The standard InChI is InChI=1S/C25H27FN2O5/c1-32-20-8-6-17(7-9-20)23(29)21-22(18-4-2-5-19(26)16-18)28(25(31)24(21)30)11-3-10-27-12-14-33-15-13-27/h2,4-9,16,22,29H,3,10-15H2,1H3/t22-/m0/s1. The van der Waals surface area contributed by atoms with E-state index in [0.717, 1.165) is 19.6 Å². The number of aliphatic hydroxyl groups excluding tert-OH is 1. The van der Waals surface area contributed by atoms with Gasteiger partial charge in [-0.1, -0.05) is 12.1 Å². The van der Waals surface area contributed by atoms with Crippen LogP contribution in [0, 0.1) is 5.82 Å². The molecule has 2 heterocycles. The third-order valence-electron chi connectivity index (χ3n) is 6.04. The minimum Gasteiger partial charge on any atom is -0.507 e. The Morgan fingerprint density at radius 2 is 1.85 bits per heavy atom. The van der Waals surface area contributed by atoms with Crippen molar-refractivity contribution in [2.45, 2.75) is 12.5 Å². The number of amides is 1. The summed E-state index contributed by atoms with van der Waals surface area (Å²) < 4.78 is 24.6. The van der Waals surface area contributed by atoms with E-state index in [1.165, 1.54) is 30.2 Å². The van der Waals surface area contributed by atoms with Crippen molar-refractivity contribution in [1.29, 1.82) is 0 Å². The Morgan fingerprint density at radius 1 is 1.12 bits per heavy atom. The van der Waals surface area contributed by atoms with Crippen molar-refractivity contribution in [3.05, 3.63) is 71.0 Å². The number of ether oxygens (including phenoxy) is 2. The molecule has 8 heteroatoms. The Kier molecular flexibility index (Phi) is 7.05. The van der Waals surface area contributed by atoms with Gasteiger partial charge in [0.05, 0.1) is 31.9 Å². The monoisotopic (exact) mass is 454 g/mol. The maximum absolute atomic E-state index is 14.1. The number of ketones is 1. The van der Waals surface area contributed by atoms with Gasteiger partial charge in [0.25, 0.3) is 11.7 Å². The van der Waals surface area contributed by atoms with Crippen LogP contribution >= 0.6 is 0 Å². The highest BCUT2D eigenvalue weighted by molar-refractivity contribution is 6.46. The van der Waals surface area contributed by atoms with Crippen molar-refractivity contribution in [1.82, 2.24) is 9.80 Å². The zero-order chi connectivity index (χ0) is 23.4. The lowest BCUT2D eigenvalue weighted by atomic mass is 9.95. The van der Waals surface area contributed by atoms with Crippen LogP contribution in [0.5, 0.6) is 5.75 Å². The minimum atomic E-state index is -0.868. The normalized spacial score (nSPS) is 20.9. The molecule has 0 saturated carbocycles. The molecule has 0 radical (unpaired) electrons. The molecule has 2 aromatic rings. The SMILES string of the molecule is COc1ccc(C(O)=C2C(=O)C(=O)N(CCCN3CCOCC3)[C@H]2c2cccc(F)c2)cc1. The van der Waals surface area contributed by atoms with E-state index in [0.29, 0.717) is 43.1 Å². The molecule has 1 amide bonds. The highest BCUT2D eigenvalue weighted by Crippen LogP contribution is 2.39. The van der Waals surface area contributed by atoms with E-state index in [1.54, 1.807) is 30.3 Å². The van der Waals surface area contributed by atoms with Crippen LogP contribution < -0.4 is 4.74 Å². The van der Waals surface area contributed by atoms with Crippen molar-refractivity contribution in [2.75, 3.05) is 46.5 Å². The minimum absolute atomic E-state index is 0.0397. The highest BCUT2D eigenvalue weighted by atomic mass is 19.1. The van der Waals surface area contributed by atoms with E-state index in [9.17, 15) is 19.1 Å². The molecule has 33 heavy (non-hydrogen) atoms. The number of carbonyl (C=O) groups excluding carboxylic acids is 2. The number of halogens is 1. The number of hydrogen-bond acceptors (Lipinski definition) is 6. The van der Waals surface area contributed by atoms with E-state index in [4.69, 9.17) is 9.47 Å². The fourth-order valence-electron chi connectivity index (χ4n) is 4.33. The third-order valence-corrected chi connectivity index (χ3v) is 6.04. The first kappa shape index (κ1) is 22.9. The molecule has 2 aliphatic rings. The van der Waals surface area contributed by atoms with Gasteiger partial charge in [0, 0.05) is 31.7 Å². The second kappa shape index (κ2) is 10.1. The van der Waals surface area contributed by atoms with Crippen LogP contribution in [-0.2, 0) is 14.3 Å². The van der Waals surface area contributed by atoms with Crippen LogP contribution in [0.25, 0.3) is 5.76 Å². The Labute approximate surface area is 192 Å². The van der Waals surface area contributed by atoms with Gasteiger partial charge < -0.3 is 19.5 Å². The first-order valence-electron chi connectivity index (χ1n) is 11.0. The average molecular weight is 454 g/mol. The number of rotatable bonds is 7. The summed E-state index contributed by atoms with van der Waals surface area (Å²) in [5, 5.41) is 11.0. The smallest absolute Gasteiger partial charge is 0.295 e. The van der Waals surface area contributed by atoms with Gasteiger partial charge in [-0.05, 0) is 48.4 Å². The molecule has 2 fully saturated rings. The van der Waals surface area contributed by atoms with Crippen LogP contribution in [0.2, 0.25) is 0 Å². The van der Waals surface area contributed by atoms with Gasteiger partial charge in [-0.25, -0.2) is 4.39 Å². The van der Waals surface area contributed by atoms with E-state index in [1.807, 2.05) is 0 Å². The summed E-state index contributed by atoms with van der Waals surface area (Å²) in [6.45, 7) is 4.06. The molecular formula is C25H27FN2O5.